The highest BCUT2D eigenvalue weighted by atomic mass is 16.6. The van der Waals surface area contributed by atoms with Gasteiger partial charge < -0.3 is 19.8 Å². The second kappa shape index (κ2) is 9.29. The van der Waals surface area contributed by atoms with Gasteiger partial charge in [-0.3, -0.25) is 10.1 Å². The van der Waals surface area contributed by atoms with E-state index in [4.69, 9.17) is 24.5 Å². The van der Waals surface area contributed by atoms with Gasteiger partial charge in [-0.05, 0) is 32.6 Å². The number of carboxylic acids is 2. The van der Waals surface area contributed by atoms with Crippen LogP contribution in [0.4, 0.5) is 5.69 Å². The van der Waals surface area contributed by atoms with Crippen LogP contribution in [0, 0.1) is 17.0 Å². The zero-order valence-electron chi connectivity index (χ0n) is 12.5. The van der Waals surface area contributed by atoms with Crippen LogP contribution in [0.15, 0.2) is 18.2 Å². The van der Waals surface area contributed by atoms with Crippen molar-refractivity contribution in [1.29, 1.82) is 0 Å². The van der Waals surface area contributed by atoms with Crippen LogP contribution in [0.3, 0.4) is 0 Å². The Labute approximate surface area is 126 Å². The maximum absolute atomic E-state index is 10.8. The summed E-state index contributed by atoms with van der Waals surface area (Å²) in [6, 6.07) is 4.96. The van der Waals surface area contributed by atoms with Gasteiger partial charge in [-0.25, -0.2) is 9.59 Å². The minimum absolute atomic E-state index is 0.0266. The third-order valence-electron chi connectivity index (χ3n) is 2.29. The molecule has 1 rings (SSSR count). The Morgan fingerprint density at radius 3 is 2.23 bits per heavy atom. The molecule has 0 heterocycles. The number of carboxylic acid groups (broad SMARTS) is 2. The number of carbonyl (C=O) groups is 2. The molecule has 9 nitrogen and oxygen atoms in total. The normalized spacial score (nSPS) is 9.64. The van der Waals surface area contributed by atoms with Gasteiger partial charge in [-0.15, -0.1) is 0 Å². The first-order valence-electron chi connectivity index (χ1n) is 6.14. The minimum Gasteiger partial charge on any atom is -0.485 e. The maximum Gasteiger partial charge on any atom is 0.414 e. The Hall–Kier alpha value is -2.68. The molecule has 0 aromatic heterocycles. The van der Waals surface area contributed by atoms with Gasteiger partial charge in [0.05, 0.1) is 4.92 Å². The number of hydrogen-bond donors (Lipinski definition) is 2. The molecule has 0 fully saturated rings. The van der Waals surface area contributed by atoms with E-state index in [1.165, 1.54) is 6.07 Å². The van der Waals surface area contributed by atoms with Crippen LogP contribution in [0.25, 0.3) is 0 Å². The average molecular weight is 314 g/mol. The van der Waals surface area contributed by atoms with Gasteiger partial charge in [0.25, 0.3) is 0 Å². The van der Waals surface area contributed by atoms with Gasteiger partial charge >= 0.3 is 17.6 Å². The monoisotopic (exact) mass is 314 g/mol. The summed E-state index contributed by atoms with van der Waals surface area (Å²) in [5.74, 6) is -3.32. The van der Waals surface area contributed by atoms with Gasteiger partial charge in [-0.1, -0.05) is 6.07 Å². The number of benzene rings is 1. The molecule has 0 spiro atoms. The lowest BCUT2D eigenvalue weighted by Gasteiger charge is -2.11. The van der Waals surface area contributed by atoms with Crippen molar-refractivity contribution in [2.75, 3.05) is 27.2 Å². The SMILES string of the molecule is Cc1ccc(OCCN(C)C)c([N+](=O)[O-])c1.O=C(O)C(=O)O. The molecule has 0 aliphatic rings. The molecule has 0 atom stereocenters. The molecule has 0 bridgehead atoms. The molecule has 0 aliphatic heterocycles. The third-order valence-corrected chi connectivity index (χ3v) is 2.29. The van der Waals surface area contributed by atoms with Crippen molar-refractivity contribution in [2.45, 2.75) is 6.92 Å². The molecule has 0 amide bonds. The van der Waals surface area contributed by atoms with Crippen LogP contribution in [-0.4, -0.2) is 59.2 Å². The van der Waals surface area contributed by atoms with E-state index in [1.807, 2.05) is 25.9 Å². The molecule has 1 aromatic carbocycles. The predicted molar refractivity (Wildman–Crippen MR) is 77.2 cm³/mol. The van der Waals surface area contributed by atoms with Crippen molar-refractivity contribution in [1.82, 2.24) is 4.90 Å². The largest absolute Gasteiger partial charge is 0.485 e. The number of nitro groups is 1. The van der Waals surface area contributed by atoms with Crippen LogP contribution in [0.1, 0.15) is 5.56 Å². The lowest BCUT2D eigenvalue weighted by atomic mass is 10.2. The Balaban J connectivity index is 0.000000626. The fourth-order valence-electron chi connectivity index (χ4n) is 1.23. The molecule has 0 aliphatic carbocycles. The summed E-state index contributed by atoms with van der Waals surface area (Å²) in [4.78, 5) is 30.5. The summed E-state index contributed by atoms with van der Waals surface area (Å²) in [7, 11) is 3.85. The van der Waals surface area contributed by atoms with E-state index >= 15 is 0 Å². The molecule has 9 heteroatoms. The van der Waals surface area contributed by atoms with Crippen molar-refractivity contribution in [3.8, 4) is 5.75 Å². The van der Waals surface area contributed by atoms with E-state index in [0.717, 1.165) is 12.1 Å². The molecular formula is C13H18N2O7. The molecule has 22 heavy (non-hydrogen) atoms. The summed E-state index contributed by atoms with van der Waals surface area (Å²) in [5.41, 5.74) is 0.880. The summed E-state index contributed by atoms with van der Waals surface area (Å²) in [5, 5.41) is 25.6. The molecule has 0 radical (unpaired) electrons. The molecule has 2 N–H and O–H groups in total. The number of nitro benzene ring substituents is 1. The number of aryl methyl sites for hydroxylation is 1. The first kappa shape index (κ1) is 19.3. The van der Waals surface area contributed by atoms with Crippen LogP contribution >= 0.6 is 0 Å². The highest BCUT2D eigenvalue weighted by Crippen LogP contribution is 2.27. The topological polar surface area (TPSA) is 130 Å². The molecule has 0 saturated carbocycles. The van der Waals surface area contributed by atoms with E-state index in [9.17, 15) is 10.1 Å². The third kappa shape index (κ3) is 7.80. The Bertz CT molecular complexity index is 531. The number of hydrogen-bond acceptors (Lipinski definition) is 6. The lowest BCUT2D eigenvalue weighted by Crippen LogP contribution is -2.19. The molecule has 0 unspecified atom stereocenters. The maximum atomic E-state index is 10.8. The van der Waals surface area contributed by atoms with Gasteiger partial charge in [0.15, 0.2) is 5.75 Å². The smallest absolute Gasteiger partial charge is 0.414 e. The van der Waals surface area contributed by atoms with E-state index < -0.39 is 16.9 Å². The summed E-state index contributed by atoms with van der Waals surface area (Å²) in [6.07, 6.45) is 0. The Kier molecular flexibility index (Phi) is 8.16. The molecule has 1 aromatic rings. The average Bonchev–Trinajstić information content (AvgIpc) is 2.40. The molecule has 0 saturated heterocycles. The summed E-state index contributed by atoms with van der Waals surface area (Å²) >= 11 is 0. The number of ether oxygens (including phenoxy) is 1. The van der Waals surface area contributed by atoms with Gasteiger partial charge in [-0.2, -0.15) is 0 Å². The van der Waals surface area contributed by atoms with Crippen molar-refractivity contribution in [3.63, 3.8) is 0 Å². The van der Waals surface area contributed by atoms with Crippen LogP contribution in [0.5, 0.6) is 5.75 Å². The minimum atomic E-state index is -1.82. The lowest BCUT2D eigenvalue weighted by molar-refractivity contribution is -0.385. The fourth-order valence-corrected chi connectivity index (χ4v) is 1.23. The number of aliphatic carboxylic acids is 2. The van der Waals surface area contributed by atoms with Crippen molar-refractivity contribution < 1.29 is 29.5 Å². The van der Waals surface area contributed by atoms with E-state index in [1.54, 1.807) is 12.1 Å². The number of likely N-dealkylation sites (N-methyl/N-ethyl adjacent to an activating group) is 1. The van der Waals surface area contributed by atoms with Gasteiger partial charge in [0.2, 0.25) is 0 Å². The second-order valence-electron chi connectivity index (χ2n) is 4.49. The Morgan fingerprint density at radius 2 is 1.82 bits per heavy atom. The van der Waals surface area contributed by atoms with Crippen molar-refractivity contribution in [3.05, 3.63) is 33.9 Å². The van der Waals surface area contributed by atoms with Crippen LogP contribution in [0.2, 0.25) is 0 Å². The number of nitrogens with zero attached hydrogens (tertiary/aromatic N) is 2. The summed E-state index contributed by atoms with van der Waals surface area (Å²) < 4.78 is 5.38. The van der Waals surface area contributed by atoms with Crippen molar-refractivity contribution in [2.24, 2.45) is 0 Å². The number of rotatable bonds is 5. The highest BCUT2D eigenvalue weighted by Gasteiger charge is 2.14. The van der Waals surface area contributed by atoms with Gasteiger partial charge in [0.1, 0.15) is 6.61 Å². The summed E-state index contributed by atoms with van der Waals surface area (Å²) in [6.45, 7) is 2.98. The van der Waals surface area contributed by atoms with Crippen LogP contribution < -0.4 is 4.74 Å². The zero-order chi connectivity index (χ0) is 17.3. The zero-order valence-corrected chi connectivity index (χ0v) is 12.5. The fraction of sp³-hybridized carbons (Fsp3) is 0.385. The molecule has 122 valence electrons. The standard InChI is InChI=1S/C11H16N2O3.C2H2O4/c1-9-4-5-11(10(8-9)13(14)15)16-7-6-12(2)3;3-1(4)2(5)6/h4-5,8H,6-7H2,1-3H3;(H,3,4)(H,5,6). The van der Waals surface area contributed by atoms with E-state index in [2.05, 4.69) is 0 Å². The molecular weight excluding hydrogens is 296 g/mol. The van der Waals surface area contributed by atoms with Gasteiger partial charge in [0, 0.05) is 12.6 Å². The Morgan fingerprint density at radius 1 is 1.27 bits per heavy atom. The van der Waals surface area contributed by atoms with Crippen molar-refractivity contribution >= 4 is 17.6 Å². The first-order chi connectivity index (χ1) is 10.1. The predicted octanol–water partition coefficient (Wildman–Crippen LogP) is 0.999. The van der Waals surface area contributed by atoms with E-state index in [0.29, 0.717) is 12.4 Å². The van der Waals surface area contributed by atoms with Crippen LogP contribution in [-0.2, 0) is 9.59 Å². The quantitative estimate of drug-likeness (QED) is 0.467. The van der Waals surface area contributed by atoms with E-state index in [-0.39, 0.29) is 5.69 Å². The second-order valence-corrected chi connectivity index (χ2v) is 4.49. The highest BCUT2D eigenvalue weighted by molar-refractivity contribution is 6.27. The first-order valence-corrected chi connectivity index (χ1v) is 6.14.